The van der Waals surface area contributed by atoms with Crippen LogP contribution in [0.4, 0.5) is 0 Å². The molecule has 7 heteroatoms. The van der Waals surface area contributed by atoms with Crippen molar-refractivity contribution in [2.45, 2.75) is 66.1 Å². The molecule has 0 aliphatic carbocycles. The summed E-state index contributed by atoms with van der Waals surface area (Å²) >= 11 is 5.57. The van der Waals surface area contributed by atoms with Crippen molar-refractivity contribution in [2.24, 2.45) is 0 Å². The first-order chi connectivity index (χ1) is 15.4. The number of hydrogen-bond acceptors (Lipinski definition) is 5. The van der Waals surface area contributed by atoms with Crippen LogP contribution in [0.1, 0.15) is 37.4 Å². The van der Waals surface area contributed by atoms with Gasteiger partial charge in [-0.2, -0.15) is 0 Å². The second-order valence-corrected chi connectivity index (χ2v) is 20.6. The molecule has 0 amide bonds. The van der Waals surface area contributed by atoms with Crippen molar-refractivity contribution in [3.63, 3.8) is 0 Å². The number of rotatable bonds is 10. The van der Waals surface area contributed by atoms with Crippen molar-refractivity contribution in [1.82, 2.24) is 0 Å². The van der Waals surface area contributed by atoms with E-state index in [4.69, 9.17) is 8.85 Å². The van der Waals surface area contributed by atoms with E-state index in [2.05, 4.69) is 114 Å². The van der Waals surface area contributed by atoms with Gasteiger partial charge in [0.2, 0.25) is 16.6 Å². The Hall–Kier alpha value is -1.07. The fourth-order valence-corrected chi connectivity index (χ4v) is 10.6. The molecule has 0 N–H and O–H groups in total. The zero-order valence-corrected chi connectivity index (χ0v) is 25.4. The molecule has 0 unspecified atom stereocenters. The van der Waals surface area contributed by atoms with Gasteiger partial charge in [0.25, 0.3) is 0 Å². The molecule has 3 aromatic heterocycles. The van der Waals surface area contributed by atoms with Gasteiger partial charge in [0.1, 0.15) is 0 Å². The third-order valence-corrected chi connectivity index (χ3v) is 12.4. The van der Waals surface area contributed by atoms with Crippen LogP contribution in [-0.4, -0.2) is 28.8 Å². The molecular weight excluding hydrogens is 497 g/mol. The average molecular weight is 533 g/mol. The maximum Gasteiger partial charge on any atom is 0.211 e. The van der Waals surface area contributed by atoms with Gasteiger partial charge >= 0.3 is 0 Å². The molecule has 0 radical (unpaired) electrons. The van der Waals surface area contributed by atoms with Gasteiger partial charge in [-0.25, -0.2) is 0 Å². The van der Waals surface area contributed by atoms with Gasteiger partial charge in [-0.05, 0) is 90.3 Å². The minimum atomic E-state index is -1.76. The highest BCUT2D eigenvalue weighted by atomic mass is 32.1. The topological polar surface area (TPSA) is 18.5 Å². The molecular formula is C26H36O2S3Si2. The summed E-state index contributed by atoms with van der Waals surface area (Å²) in [7, 11) is -3.53. The van der Waals surface area contributed by atoms with Gasteiger partial charge in [-0.3, -0.25) is 0 Å². The van der Waals surface area contributed by atoms with Crippen molar-refractivity contribution in [1.29, 1.82) is 0 Å². The van der Waals surface area contributed by atoms with Crippen molar-refractivity contribution in [2.75, 3.05) is 0 Å². The van der Waals surface area contributed by atoms with E-state index < -0.39 is 16.6 Å². The third kappa shape index (κ3) is 8.28. The largest absolute Gasteiger partial charge is 0.411 e. The van der Waals surface area contributed by atoms with E-state index in [1.807, 2.05) is 34.0 Å². The molecule has 0 spiro atoms. The van der Waals surface area contributed by atoms with E-state index in [-0.39, 0.29) is 12.2 Å². The van der Waals surface area contributed by atoms with Crippen LogP contribution in [0.2, 0.25) is 26.2 Å². The van der Waals surface area contributed by atoms with Crippen molar-refractivity contribution >= 4 is 62.8 Å². The molecule has 0 fully saturated rings. The first-order valence-corrected chi connectivity index (χ1v) is 19.9. The Morgan fingerprint density at radius 3 is 1.27 bits per heavy atom. The standard InChI is InChI=1S/C26H36O2S3Si2/c1-19(2)27-32(5,6)17-15-21-9-11-23(29-21)25-13-14-26(31-25)24-12-10-22(30-24)16-18-33(7,8)28-20(3)4/h9-20H,1-8H3/b17-15+,18-16+. The summed E-state index contributed by atoms with van der Waals surface area (Å²) in [5.74, 6) is 0. The lowest BCUT2D eigenvalue weighted by Gasteiger charge is -2.21. The minimum Gasteiger partial charge on any atom is -0.411 e. The molecule has 0 aliphatic rings. The van der Waals surface area contributed by atoms with Gasteiger partial charge < -0.3 is 8.85 Å². The summed E-state index contributed by atoms with van der Waals surface area (Å²) in [6.45, 7) is 17.4. The monoisotopic (exact) mass is 532 g/mol. The lowest BCUT2D eigenvalue weighted by Crippen LogP contribution is -2.31. The number of thiophene rings is 3. The SMILES string of the molecule is CC(C)O[Si](C)(C)/C=C/c1ccc(-c2ccc(-c3ccc(/C=C/[Si](C)(C)OC(C)C)s3)s2)s1. The molecule has 0 saturated carbocycles. The number of hydrogen-bond donors (Lipinski definition) is 0. The maximum absolute atomic E-state index is 6.11. The smallest absolute Gasteiger partial charge is 0.211 e. The zero-order chi connectivity index (χ0) is 24.2. The molecule has 178 valence electrons. The summed E-state index contributed by atoms with van der Waals surface area (Å²) < 4.78 is 12.2. The summed E-state index contributed by atoms with van der Waals surface area (Å²) in [5, 5.41) is 0. The highest BCUT2D eigenvalue weighted by Crippen LogP contribution is 2.40. The third-order valence-electron chi connectivity index (χ3n) is 4.72. The van der Waals surface area contributed by atoms with Crippen LogP contribution < -0.4 is 0 Å². The first-order valence-electron chi connectivity index (χ1n) is 11.5. The fourth-order valence-electron chi connectivity index (χ4n) is 3.61. The van der Waals surface area contributed by atoms with Crippen molar-refractivity contribution < 1.29 is 8.85 Å². The van der Waals surface area contributed by atoms with E-state index in [1.54, 1.807) is 0 Å². The molecule has 0 bridgehead atoms. The molecule has 0 atom stereocenters. The Balaban J connectivity index is 1.69. The Labute approximate surface area is 213 Å². The van der Waals surface area contributed by atoms with Crippen molar-refractivity contribution in [3.8, 4) is 19.5 Å². The summed E-state index contributed by atoms with van der Waals surface area (Å²) in [5.41, 5.74) is 4.58. The van der Waals surface area contributed by atoms with Crippen LogP contribution >= 0.6 is 34.0 Å². The second kappa shape index (κ2) is 11.1. The molecule has 2 nitrogen and oxygen atoms in total. The molecule has 33 heavy (non-hydrogen) atoms. The lowest BCUT2D eigenvalue weighted by molar-refractivity contribution is 0.237. The zero-order valence-electron chi connectivity index (χ0n) is 21.0. The Morgan fingerprint density at radius 1 is 0.576 bits per heavy atom. The predicted octanol–water partition coefficient (Wildman–Crippen LogP) is 9.57. The molecule has 3 heterocycles. The predicted molar refractivity (Wildman–Crippen MR) is 156 cm³/mol. The van der Waals surface area contributed by atoms with E-state index in [0.29, 0.717) is 0 Å². The highest BCUT2D eigenvalue weighted by molar-refractivity contribution is 7.26. The molecule has 3 rings (SSSR count). The van der Waals surface area contributed by atoms with Crippen molar-refractivity contribution in [3.05, 3.63) is 57.6 Å². The fraction of sp³-hybridized carbons (Fsp3) is 0.385. The van der Waals surface area contributed by atoms with Gasteiger partial charge in [0.05, 0.1) is 0 Å². The summed E-state index contributed by atoms with van der Waals surface area (Å²) in [6, 6.07) is 13.4. The van der Waals surface area contributed by atoms with Gasteiger partial charge in [-0.15, -0.1) is 34.0 Å². The first kappa shape index (κ1) is 26.5. The van der Waals surface area contributed by atoms with E-state index in [0.717, 1.165) is 0 Å². The normalized spacial score (nSPS) is 13.4. The van der Waals surface area contributed by atoms with E-state index >= 15 is 0 Å². The van der Waals surface area contributed by atoms with Gasteiger partial charge in [0, 0.05) is 41.5 Å². The molecule has 3 aromatic rings. The Kier molecular flexibility index (Phi) is 8.94. The summed E-state index contributed by atoms with van der Waals surface area (Å²) in [6.07, 6.45) is 5.02. The van der Waals surface area contributed by atoms with Crippen LogP contribution in [-0.2, 0) is 8.85 Å². The van der Waals surface area contributed by atoms with Crippen LogP contribution in [0.5, 0.6) is 0 Å². The van der Waals surface area contributed by atoms with Crippen LogP contribution in [0.15, 0.2) is 47.8 Å². The molecule has 0 aliphatic heterocycles. The van der Waals surface area contributed by atoms with Crippen LogP contribution in [0.25, 0.3) is 31.7 Å². The van der Waals surface area contributed by atoms with Crippen LogP contribution in [0.3, 0.4) is 0 Å². The molecule has 0 saturated heterocycles. The minimum absolute atomic E-state index is 0.273. The van der Waals surface area contributed by atoms with Gasteiger partial charge in [-0.1, -0.05) is 23.6 Å². The Bertz CT molecular complexity index is 1020. The second-order valence-electron chi connectivity index (χ2n) is 9.77. The lowest BCUT2D eigenvalue weighted by atomic mass is 10.3. The summed E-state index contributed by atoms with van der Waals surface area (Å²) in [4.78, 5) is 7.87. The van der Waals surface area contributed by atoms with E-state index in [1.165, 1.54) is 29.3 Å². The Morgan fingerprint density at radius 2 is 0.909 bits per heavy atom. The molecule has 0 aromatic carbocycles. The maximum atomic E-state index is 6.11. The van der Waals surface area contributed by atoms with Gasteiger partial charge in [0.15, 0.2) is 0 Å². The quantitative estimate of drug-likeness (QED) is 0.242. The van der Waals surface area contributed by atoms with Crippen LogP contribution in [0, 0.1) is 0 Å². The van der Waals surface area contributed by atoms with E-state index in [9.17, 15) is 0 Å². The average Bonchev–Trinajstić information content (AvgIpc) is 3.42. The highest BCUT2D eigenvalue weighted by Gasteiger charge is 2.21.